The first-order valence-electron chi connectivity index (χ1n) is 12.1. The number of alkyl halides is 3. The number of fused-ring (bicyclic) bond motifs is 3. The van der Waals surface area contributed by atoms with Crippen molar-refractivity contribution in [2.24, 2.45) is 0 Å². The Labute approximate surface area is 214 Å². The fourth-order valence-corrected chi connectivity index (χ4v) is 3.76. The molecule has 0 saturated heterocycles. The Balaban J connectivity index is 0.00000235. The van der Waals surface area contributed by atoms with Gasteiger partial charge in [-0.25, -0.2) is 4.79 Å². The van der Waals surface area contributed by atoms with Gasteiger partial charge in [0.05, 0.1) is 25.5 Å². The maximum atomic E-state index is 13.2. The van der Waals surface area contributed by atoms with Crippen LogP contribution in [0.15, 0.2) is 29.2 Å². The van der Waals surface area contributed by atoms with Crippen LogP contribution in [0.3, 0.4) is 0 Å². The highest BCUT2D eigenvalue weighted by molar-refractivity contribution is 5.89. The van der Waals surface area contributed by atoms with Crippen molar-refractivity contribution >= 4 is 5.97 Å². The number of halogens is 3. The molecule has 0 spiro atoms. The molecule has 0 unspecified atom stereocenters. The number of benzene rings is 1. The zero-order valence-electron chi connectivity index (χ0n) is 22.3. The van der Waals surface area contributed by atoms with Gasteiger partial charge in [0.1, 0.15) is 5.56 Å². The van der Waals surface area contributed by atoms with Crippen LogP contribution in [0.5, 0.6) is 11.5 Å². The second-order valence-electron chi connectivity index (χ2n) is 8.93. The maximum Gasteiger partial charge on any atom is 0.573 e. The lowest BCUT2D eigenvalue weighted by molar-refractivity contribution is -0.275. The lowest BCUT2D eigenvalue weighted by atomic mass is 9.97. The molecule has 1 aromatic carbocycles. The van der Waals surface area contributed by atoms with E-state index in [4.69, 9.17) is 14.2 Å². The highest BCUT2D eigenvalue weighted by Crippen LogP contribution is 2.41. The smallest absolute Gasteiger partial charge is 0.490 e. The fraction of sp³-hybridized carbons (Fsp3) is 0.538. The third-order valence-electron chi connectivity index (χ3n) is 5.30. The molecule has 2 aromatic rings. The minimum atomic E-state index is -4.95. The third-order valence-corrected chi connectivity index (χ3v) is 5.30. The van der Waals surface area contributed by atoms with E-state index >= 15 is 0 Å². The average Bonchev–Trinajstić information content (AvgIpc) is 2.81. The van der Waals surface area contributed by atoms with E-state index in [1.165, 1.54) is 31.5 Å². The van der Waals surface area contributed by atoms with Gasteiger partial charge in [-0.1, -0.05) is 13.8 Å². The first kappa shape index (κ1) is 30.0. The minimum absolute atomic E-state index is 0.0648. The first-order chi connectivity index (χ1) is 17.4. The van der Waals surface area contributed by atoms with E-state index in [0.29, 0.717) is 29.8 Å². The van der Waals surface area contributed by atoms with Crippen LogP contribution < -0.4 is 19.9 Å². The molecular weight excluding hydrogens is 493 g/mol. The Morgan fingerprint density at radius 2 is 1.73 bits per heavy atom. The summed E-state index contributed by atoms with van der Waals surface area (Å²) in [7, 11) is 1.52. The molecule has 0 fully saturated rings. The number of hydrogen-bond acceptors (Lipinski definition) is 7. The van der Waals surface area contributed by atoms with Crippen LogP contribution in [0.4, 0.5) is 13.2 Å². The van der Waals surface area contributed by atoms with Gasteiger partial charge < -0.3 is 24.0 Å². The molecule has 37 heavy (non-hydrogen) atoms. The van der Waals surface area contributed by atoms with Crippen LogP contribution in [0.2, 0.25) is 0 Å². The van der Waals surface area contributed by atoms with Gasteiger partial charge in [0.25, 0.3) is 0 Å². The number of ether oxygens (including phenoxy) is 4. The Bertz CT molecular complexity index is 1140. The number of methoxy groups -OCH3 is 1. The zero-order valence-corrected chi connectivity index (χ0v) is 22.3. The molecule has 0 aliphatic carbocycles. The molecule has 1 aromatic heterocycles. The van der Waals surface area contributed by atoms with Crippen molar-refractivity contribution in [3.05, 3.63) is 45.7 Å². The van der Waals surface area contributed by atoms with Gasteiger partial charge in [0.15, 0.2) is 16.9 Å². The molecule has 0 saturated carbocycles. The van der Waals surface area contributed by atoms with Gasteiger partial charge in [-0.15, -0.1) is 13.2 Å². The van der Waals surface area contributed by atoms with E-state index in [-0.39, 0.29) is 31.1 Å². The van der Waals surface area contributed by atoms with E-state index < -0.39 is 29.0 Å². The van der Waals surface area contributed by atoms with Gasteiger partial charge >= 0.3 is 12.3 Å². The number of carbonyl (C=O) groups excluding carboxylic acids is 1. The topological polar surface area (TPSA) is 79.2 Å². The number of rotatable bonds is 8. The molecule has 1 aliphatic heterocycles. The number of aromatic nitrogens is 1. The molecular formula is C26H35F3N2O6. The number of nitrogens with zero attached hydrogens (tertiary/aromatic N) is 2. The Morgan fingerprint density at radius 3 is 2.30 bits per heavy atom. The molecule has 0 amide bonds. The lowest BCUT2D eigenvalue weighted by Crippen LogP contribution is -2.51. The molecule has 1 aliphatic rings. The van der Waals surface area contributed by atoms with Gasteiger partial charge in [-0.2, -0.15) is 0 Å². The van der Waals surface area contributed by atoms with E-state index in [1.807, 2.05) is 39.6 Å². The molecule has 0 radical (unpaired) electrons. The lowest BCUT2D eigenvalue weighted by Gasteiger charge is -2.44. The van der Waals surface area contributed by atoms with Gasteiger partial charge in [0.2, 0.25) is 0 Å². The summed E-state index contributed by atoms with van der Waals surface area (Å²) in [5.74, 6) is -1.36. The summed E-state index contributed by atoms with van der Waals surface area (Å²) < 4.78 is 61.0. The van der Waals surface area contributed by atoms with Crippen LogP contribution in [0.25, 0.3) is 11.3 Å². The van der Waals surface area contributed by atoms with E-state index in [2.05, 4.69) is 4.74 Å². The van der Waals surface area contributed by atoms with Crippen molar-refractivity contribution in [1.29, 1.82) is 0 Å². The molecule has 0 atom stereocenters. The first-order valence-corrected chi connectivity index (χ1v) is 12.1. The van der Waals surface area contributed by atoms with Crippen molar-refractivity contribution in [2.45, 2.75) is 66.4 Å². The highest BCUT2D eigenvalue weighted by atomic mass is 19.4. The van der Waals surface area contributed by atoms with Crippen molar-refractivity contribution in [3.63, 3.8) is 0 Å². The largest absolute Gasteiger partial charge is 0.573 e. The van der Waals surface area contributed by atoms with Gasteiger partial charge in [-0.3, -0.25) is 9.47 Å². The Hall–Kier alpha value is -3.21. The van der Waals surface area contributed by atoms with Crippen LogP contribution >= 0.6 is 0 Å². The van der Waals surface area contributed by atoms with Crippen LogP contribution in [0.1, 0.15) is 63.9 Å². The van der Waals surface area contributed by atoms with Crippen molar-refractivity contribution in [1.82, 2.24) is 4.68 Å². The zero-order chi connectivity index (χ0) is 28.0. The Morgan fingerprint density at radius 1 is 1.05 bits per heavy atom. The maximum absolute atomic E-state index is 13.2. The highest BCUT2D eigenvalue weighted by Gasteiger charge is 2.35. The monoisotopic (exact) mass is 528 g/mol. The molecule has 206 valence electrons. The number of carbonyl (C=O) groups is 1. The van der Waals surface area contributed by atoms with Gasteiger partial charge in [0, 0.05) is 43.5 Å². The second kappa shape index (κ2) is 12.4. The van der Waals surface area contributed by atoms with Crippen LogP contribution in [-0.4, -0.2) is 49.5 Å². The standard InChI is InChI=1S/C24H29F3N2O6.C2H6/c1-6-33-22(31)17-14-28-18(12-19(17)30)16-11-21(35-24(25,26)27)20(34-9-7-8-32-5)10-15(16)13-29(28)23(2,3)4;1-2/h10-12,14H,6-9,13H2,1-5H3;1-2H3. The third kappa shape index (κ3) is 7.41. The summed E-state index contributed by atoms with van der Waals surface area (Å²) in [5.41, 5.74) is 0.0690. The summed E-state index contributed by atoms with van der Waals surface area (Å²) in [5, 5.41) is 1.89. The van der Waals surface area contributed by atoms with E-state index in [0.717, 1.165) is 0 Å². The number of pyridine rings is 1. The molecule has 2 heterocycles. The molecule has 0 N–H and O–H groups in total. The van der Waals surface area contributed by atoms with Crippen molar-refractivity contribution in [3.8, 4) is 22.8 Å². The minimum Gasteiger partial charge on any atom is -0.490 e. The summed E-state index contributed by atoms with van der Waals surface area (Å²) in [4.78, 5) is 25.1. The number of esters is 1. The van der Waals surface area contributed by atoms with Gasteiger partial charge in [-0.05, 0) is 45.4 Å². The number of hydrogen-bond donors (Lipinski definition) is 0. The summed E-state index contributed by atoms with van der Waals surface area (Å²) in [6, 6.07) is 3.93. The van der Waals surface area contributed by atoms with Crippen LogP contribution in [-0.2, 0) is 16.0 Å². The van der Waals surface area contributed by atoms with E-state index in [1.54, 1.807) is 11.6 Å². The summed E-state index contributed by atoms with van der Waals surface area (Å²) in [6.07, 6.45) is -3.11. The summed E-state index contributed by atoms with van der Waals surface area (Å²) >= 11 is 0. The van der Waals surface area contributed by atoms with Crippen molar-refractivity contribution in [2.75, 3.05) is 31.9 Å². The Kier molecular flexibility index (Phi) is 10.0. The van der Waals surface area contributed by atoms with Crippen molar-refractivity contribution < 1.29 is 36.9 Å². The average molecular weight is 529 g/mol. The predicted molar refractivity (Wildman–Crippen MR) is 134 cm³/mol. The molecule has 3 rings (SSSR count). The molecule has 11 heteroatoms. The second-order valence-corrected chi connectivity index (χ2v) is 8.93. The van der Waals surface area contributed by atoms with Crippen LogP contribution in [0, 0.1) is 0 Å². The summed E-state index contributed by atoms with van der Waals surface area (Å²) in [6.45, 7) is 12.3. The molecule has 0 bridgehead atoms. The SMILES string of the molecule is CC.CCOC(=O)c1cn2c(cc1=O)-c1cc(OC(F)(F)F)c(OCCCOC)cc1CN2C(C)(C)C. The normalized spacial score (nSPS) is 12.6. The fourth-order valence-electron chi connectivity index (χ4n) is 3.76. The van der Waals surface area contributed by atoms with E-state index in [9.17, 15) is 22.8 Å². The quantitative estimate of drug-likeness (QED) is 0.341. The predicted octanol–water partition coefficient (Wildman–Crippen LogP) is 5.28. The molecule has 8 nitrogen and oxygen atoms in total.